The predicted octanol–water partition coefficient (Wildman–Crippen LogP) is 3.39. The highest BCUT2D eigenvalue weighted by molar-refractivity contribution is 9.10. The highest BCUT2D eigenvalue weighted by atomic mass is 79.9. The molecule has 0 radical (unpaired) electrons. The lowest BCUT2D eigenvalue weighted by Gasteiger charge is -2.09. The number of esters is 1. The van der Waals surface area contributed by atoms with Crippen LogP contribution in [0.15, 0.2) is 46.9 Å². The Morgan fingerprint density at radius 1 is 1.04 bits per heavy atom. The van der Waals surface area contributed by atoms with Gasteiger partial charge in [-0.3, -0.25) is 0 Å². The summed E-state index contributed by atoms with van der Waals surface area (Å²) in [6, 6.07) is 10.4. The SMILES string of the molecule is COCCOc1ccc(C(=O)Oc2ccc(C(=O)O)cc2)cc1Br. The van der Waals surface area contributed by atoms with Gasteiger partial charge in [-0.25, -0.2) is 9.59 Å². The maximum Gasteiger partial charge on any atom is 0.343 e. The third-order valence-electron chi connectivity index (χ3n) is 3.02. The molecule has 0 aliphatic carbocycles. The van der Waals surface area contributed by atoms with Crippen molar-refractivity contribution in [2.45, 2.75) is 0 Å². The van der Waals surface area contributed by atoms with Crippen molar-refractivity contribution in [3.05, 3.63) is 58.1 Å². The van der Waals surface area contributed by atoms with Crippen molar-refractivity contribution in [3.63, 3.8) is 0 Å². The number of benzene rings is 2. The molecule has 0 bridgehead atoms. The van der Waals surface area contributed by atoms with Crippen molar-refractivity contribution in [1.29, 1.82) is 0 Å². The molecule has 0 aromatic heterocycles. The van der Waals surface area contributed by atoms with Gasteiger partial charge in [-0.15, -0.1) is 0 Å². The minimum atomic E-state index is -1.04. The number of carbonyl (C=O) groups excluding carboxylic acids is 1. The molecule has 1 N–H and O–H groups in total. The topological polar surface area (TPSA) is 82.1 Å². The van der Waals surface area contributed by atoms with Crippen molar-refractivity contribution >= 4 is 27.9 Å². The summed E-state index contributed by atoms with van der Waals surface area (Å²) >= 11 is 3.34. The van der Waals surface area contributed by atoms with E-state index >= 15 is 0 Å². The van der Waals surface area contributed by atoms with Crippen LogP contribution in [0.3, 0.4) is 0 Å². The van der Waals surface area contributed by atoms with Crippen LogP contribution in [0.25, 0.3) is 0 Å². The molecule has 126 valence electrons. The average molecular weight is 395 g/mol. The van der Waals surface area contributed by atoms with Gasteiger partial charge in [0.15, 0.2) is 0 Å². The number of carboxylic acids is 1. The number of carbonyl (C=O) groups is 2. The van der Waals surface area contributed by atoms with Gasteiger partial charge in [0.05, 0.1) is 22.2 Å². The normalized spacial score (nSPS) is 10.2. The molecule has 0 amide bonds. The lowest BCUT2D eigenvalue weighted by Crippen LogP contribution is -2.09. The molecule has 0 heterocycles. The number of methoxy groups -OCH3 is 1. The highest BCUT2D eigenvalue weighted by Crippen LogP contribution is 2.26. The molecule has 2 aromatic rings. The first-order valence-electron chi connectivity index (χ1n) is 6.98. The summed E-state index contributed by atoms with van der Waals surface area (Å²) in [7, 11) is 1.58. The standard InChI is InChI=1S/C17H15BrO6/c1-22-8-9-23-15-7-4-12(10-14(15)18)17(21)24-13-5-2-11(3-6-13)16(19)20/h2-7,10H,8-9H2,1H3,(H,19,20). The first-order chi connectivity index (χ1) is 11.5. The van der Waals surface area contributed by atoms with Crippen molar-refractivity contribution in [2.24, 2.45) is 0 Å². The van der Waals surface area contributed by atoms with E-state index < -0.39 is 11.9 Å². The fourth-order valence-electron chi connectivity index (χ4n) is 1.81. The third kappa shape index (κ3) is 4.81. The van der Waals surface area contributed by atoms with Crippen LogP contribution in [0.1, 0.15) is 20.7 Å². The zero-order valence-electron chi connectivity index (χ0n) is 12.8. The smallest absolute Gasteiger partial charge is 0.343 e. The van der Waals surface area contributed by atoms with Crippen molar-refractivity contribution in [2.75, 3.05) is 20.3 Å². The van der Waals surface area contributed by atoms with Crippen molar-refractivity contribution in [1.82, 2.24) is 0 Å². The molecule has 0 saturated heterocycles. The van der Waals surface area contributed by atoms with E-state index in [1.807, 2.05) is 0 Å². The number of carboxylic acid groups (broad SMARTS) is 1. The molecule has 0 fully saturated rings. The van der Waals surface area contributed by atoms with E-state index in [-0.39, 0.29) is 11.3 Å². The molecule has 6 nitrogen and oxygen atoms in total. The van der Waals surface area contributed by atoms with Gasteiger partial charge in [0.1, 0.15) is 18.1 Å². The molecule has 0 spiro atoms. The molecule has 7 heteroatoms. The molecule has 2 aromatic carbocycles. The van der Waals surface area contributed by atoms with Gasteiger partial charge in [0.25, 0.3) is 0 Å². The van der Waals surface area contributed by atoms with Crippen LogP contribution in [0.4, 0.5) is 0 Å². The number of hydrogen-bond donors (Lipinski definition) is 1. The monoisotopic (exact) mass is 394 g/mol. The Morgan fingerprint density at radius 2 is 1.71 bits per heavy atom. The second kappa shape index (κ2) is 8.47. The Hall–Kier alpha value is -2.38. The summed E-state index contributed by atoms with van der Waals surface area (Å²) in [4.78, 5) is 22.9. The number of rotatable bonds is 7. The zero-order chi connectivity index (χ0) is 17.5. The maximum atomic E-state index is 12.1. The summed E-state index contributed by atoms with van der Waals surface area (Å²) < 4.78 is 16.2. The van der Waals surface area contributed by atoms with Crippen molar-refractivity contribution in [3.8, 4) is 11.5 Å². The van der Waals surface area contributed by atoms with E-state index in [1.165, 1.54) is 24.3 Å². The van der Waals surface area contributed by atoms with E-state index in [0.29, 0.717) is 29.0 Å². The Labute approximate surface area is 147 Å². The lowest BCUT2D eigenvalue weighted by atomic mass is 10.2. The Balaban J connectivity index is 2.04. The van der Waals surface area contributed by atoms with E-state index in [0.717, 1.165) is 0 Å². The summed E-state index contributed by atoms with van der Waals surface area (Å²) in [5.74, 6) is -0.737. The average Bonchev–Trinajstić information content (AvgIpc) is 2.57. The molecule has 24 heavy (non-hydrogen) atoms. The first kappa shape index (κ1) is 18.0. The van der Waals surface area contributed by atoms with Crippen LogP contribution in [0, 0.1) is 0 Å². The van der Waals surface area contributed by atoms with Gasteiger partial charge in [-0.1, -0.05) is 0 Å². The van der Waals surface area contributed by atoms with Gasteiger partial charge in [-0.05, 0) is 58.4 Å². The lowest BCUT2D eigenvalue weighted by molar-refractivity contribution is 0.0696. The fraction of sp³-hybridized carbons (Fsp3) is 0.176. The summed E-state index contributed by atoms with van der Waals surface area (Å²) in [6.45, 7) is 0.859. The van der Waals surface area contributed by atoms with Gasteiger partial charge in [0.2, 0.25) is 0 Å². The van der Waals surface area contributed by atoms with Gasteiger partial charge in [0, 0.05) is 7.11 Å². The van der Waals surface area contributed by atoms with Crippen LogP contribution in [-0.2, 0) is 4.74 Å². The summed E-state index contributed by atoms with van der Waals surface area (Å²) in [5, 5.41) is 8.84. The van der Waals surface area contributed by atoms with Crippen LogP contribution >= 0.6 is 15.9 Å². The quantitative estimate of drug-likeness (QED) is 0.440. The molecule has 0 saturated carbocycles. The summed E-state index contributed by atoms with van der Waals surface area (Å²) in [5.41, 5.74) is 0.457. The first-order valence-corrected chi connectivity index (χ1v) is 7.77. The molecule has 0 unspecified atom stereocenters. The minimum Gasteiger partial charge on any atom is -0.490 e. The third-order valence-corrected chi connectivity index (χ3v) is 3.64. The van der Waals surface area contributed by atoms with E-state index in [1.54, 1.807) is 25.3 Å². The van der Waals surface area contributed by atoms with Crippen LogP contribution < -0.4 is 9.47 Å². The van der Waals surface area contributed by atoms with E-state index in [4.69, 9.17) is 19.3 Å². The second-order valence-corrected chi connectivity index (χ2v) is 5.56. The zero-order valence-corrected chi connectivity index (χ0v) is 14.4. The largest absolute Gasteiger partial charge is 0.490 e. The number of halogens is 1. The van der Waals surface area contributed by atoms with Gasteiger partial charge in [-0.2, -0.15) is 0 Å². The molecule has 2 rings (SSSR count). The van der Waals surface area contributed by atoms with E-state index in [9.17, 15) is 9.59 Å². The Bertz CT molecular complexity index is 726. The van der Waals surface area contributed by atoms with Crippen LogP contribution in [0.2, 0.25) is 0 Å². The van der Waals surface area contributed by atoms with E-state index in [2.05, 4.69) is 15.9 Å². The molecular formula is C17H15BrO6. The second-order valence-electron chi connectivity index (χ2n) is 4.71. The molecule has 0 aliphatic heterocycles. The number of hydrogen-bond acceptors (Lipinski definition) is 5. The van der Waals surface area contributed by atoms with Gasteiger partial charge >= 0.3 is 11.9 Å². The Morgan fingerprint density at radius 3 is 2.29 bits per heavy atom. The minimum absolute atomic E-state index is 0.120. The molecular weight excluding hydrogens is 380 g/mol. The highest BCUT2D eigenvalue weighted by Gasteiger charge is 2.12. The van der Waals surface area contributed by atoms with Gasteiger partial charge < -0.3 is 19.3 Å². The van der Waals surface area contributed by atoms with Crippen LogP contribution in [0.5, 0.6) is 11.5 Å². The Kier molecular flexibility index (Phi) is 6.34. The predicted molar refractivity (Wildman–Crippen MR) is 89.9 cm³/mol. The molecule has 0 aliphatic rings. The maximum absolute atomic E-state index is 12.1. The number of ether oxygens (including phenoxy) is 3. The number of aromatic carboxylic acids is 1. The fourth-order valence-corrected chi connectivity index (χ4v) is 2.30. The van der Waals surface area contributed by atoms with Crippen molar-refractivity contribution < 1.29 is 28.9 Å². The molecule has 0 atom stereocenters. The van der Waals surface area contributed by atoms with Crippen LogP contribution in [-0.4, -0.2) is 37.4 Å². The summed E-state index contributed by atoms with van der Waals surface area (Å²) in [6.07, 6.45) is 0.